The Morgan fingerprint density at radius 2 is 1.44 bits per heavy atom. The zero-order chi connectivity index (χ0) is 30.2. The van der Waals surface area contributed by atoms with Gasteiger partial charge in [0.2, 0.25) is 5.91 Å². The lowest BCUT2D eigenvalue weighted by molar-refractivity contribution is -0.134. The molecule has 1 saturated heterocycles. The van der Waals surface area contributed by atoms with Crippen molar-refractivity contribution >= 4 is 29.2 Å². The van der Waals surface area contributed by atoms with Gasteiger partial charge < -0.3 is 20.7 Å². The zero-order valence-corrected chi connectivity index (χ0v) is 25.2. The fraction of sp³-hybridized carbons (Fsp3) is 0.515. The van der Waals surface area contributed by atoms with Crippen LogP contribution in [0.15, 0.2) is 54.6 Å². The lowest BCUT2D eigenvalue weighted by Gasteiger charge is -2.26. The third-order valence-corrected chi connectivity index (χ3v) is 7.29. The molecule has 1 aliphatic heterocycles. The van der Waals surface area contributed by atoms with Gasteiger partial charge in [-0.25, -0.2) is 4.79 Å². The first kappa shape index (κ1) is 32.0. The molecule has 41 heavy (non-hydrogen) atoms. The Morgan fingerprint density at radius 1 is 0.854 bits per heavy atom. The third kappa shape index (κ3) is 10.1. The van der Waals surface area contributed by atoms with Crippen LogP contribution in [0.2, 0.25) is 0 Å². The number of Topliss-reactive ketones (excluding diaryl/α,β-unsaturated/α-hetero) is 2. The van der Waals surface area contributed by atoms with Crippen molar-refractivity contribution in [1.82, 2.24) is 10.6 Å². The van der Waals surface area contributed by atoms with Gasteiger partial charge in [0.15, 0.2) is 11.6 Å². The number of rotatable bonds is 15. The number of epoxide rings is 1. The number of carbonyl (C=O) groups is 4. The van der Waals surface area contributed by atoms with Crippen LogP contribution in [0.3, 0.4) is 0 Å². The van der Waals surface area contributed by atoms with E-state index in [9.17, 15) is 19.2 Å². The topological polar surface area (TPSA) is 117 Å². The lowest BCUT2D eigenvalue weighted by atomic mass is 9.88. The standard InChI is InChI=1S/C33H45N3O5/c1-21(2)16-27(36-32(40)34-26-14-12-23(5)13-15-26)29(37)19-25(18-24-10-8-7-9-11-24)31(39)35-28(17-22(3)4)30(38)33(6)20-41-33/h7-15,21-22,25,27-28H,16-20H2,1-6H3,(H,35,39)(H2,34,36,40)/t25-,27?,28+,33?/m1/s1. The number of ketones is 2. The molecule has 3 amide bonds. The van der Waals surface area contributed by atoms with Gasteiger partial charge in [0.25, 0.3) is 0 Å². The molecule has 0 radical (unpaired) electrons. The monoisotopic (exact) mass is 563 g/mol. The number of hydrogen-bond donors (Lipinski definition) is 3. The summed E-state index contributed by atoms with van der Waals surface area (Å²) in [7, 11) is 0. The van der Waals surface area contributed by atoms with E-state index in [1.807, 2.05) is 77.1 Å². The molecule has 2 unspecified atom stereocenters. The maximum atomic E-state index is 13.7. The van der Waals surface area contributed by atoms with E-state index in [1.54, 1.807) is 19.1 Å². The molecule has 0 spiro atoms. The molecular formula is C33H45N3O5. The van der Waals surface area contributed by atoms with Gasteiger partial charge in [0, 0.05) is 18.0 Å². The molecule has 0 saturated carbocycles. The Bertz CT molecular complexity index is 1190. The molecule has 8 nitrogen and oxygen atoms in total. The number of ether oxygens (including phenoxy) is 1. The van der Waals surface area contributed by atoms with Crippen LogP contribution in [0.1, 0.15) is 65.0 Å². The van der Waals surface area contributed by atoms with E-state index in [0.29, 0.717) is 31.6 Å². The largest absolute Gasteiger partial charge is 0.361 e. The molecule has 8 heteroatoms. The maximum Gasteiger partial charge on any atom is 0.319 e. The van der Waals surface area contributed by atoms with Crippen molar-refractivity contribution in [3.63, 3.8) is 0 Å². The van der Waals surface area contributed by atoms with Gasteiger partial charge in [-0.2, -0.15) is 0 Å². The van der Waals surface area contributed by atoms with E-state index in [1.165, 1.54) is 0 Å². The average Bonchev–Trinajstić information content (AvgIpc) is 3.66. The van der Waals surface area contributed by atoms with Gasteiger partial charge in [0.05, 0.1) is 18.7 Å². The Balaban J connectivity index is 1.77. The third-order valence-electron chi connectivity index (χ3n) is 7.29. The van der Waals surface area contributed by atoms with Crippen molar-refractivity contribution in [1.29, 1.82) is 0 Å². The summed E-state index contributed by atoms with van der Waals surface area (Å²) in [5, 5.41) is 8.58. The van der Waals surface area contributed by atoms with E-state index >= 15 is 0 Å². The number of urea groups is 1. The molecule has 1 heterocycles. The van der Waals surface area contributed by atoms with Crippen LogP contribution in [0.5, 0.6) is 0 Å². The molecular weight excluding hydrogens is 518 g/mol. The number of benzene rings is 2. The number of carbonyl (C=O) groups excluding carboxylic acids is 4. The van der Waals surface area contributed by atoms with Gasteiger partial charge in [-0.05, 0) is 62.6 Å². The molecule has 4 atom stereocenters. The van der Waals surface area contributed by atoms with E-state index in [0.717, 1.165) is 11.1 Å². The van der Waals surface area contributed by atoms with Crippen LogP contribution in [-0.4, -0.2) is 47.8 Å². The molecule has 2 aromatic rings. The smallest absolute Gasteiger partial charge is 0.319 e. The summed E-state index contributed by atoms with van der Waals surface area (Å²) in [4.78, 5) is 53.4. The number of nitrogens with one attached hydrogen (secondary N) is 3. The predicted molar refractivity (Wildman–Crippen MR) is 161 cm³/mol. The van der Waals surface area contributed by atoms with Gasteiger partial charge in [0.1, 0.15) is 5.60 Å². The average molecular weight is 564 g/mol. The second-order valence-electron chi connectivity index (χ2n) is 12.3. The van der Waals surface area contributed by atoms with Crippen molar-refractivity contribution in [2.45, 2.75) is 84.9 Å². The second kappa shape index (κ2) is 14.4. The van der Waals surface area contributed by atoms with Crippen LogP contribution < -0.4 is 16.0 Å². The van der Waals surface area contributed by atoms with E-state index in [-0.39, 0.29) is 35.7 Å². The first-order valence-electron chi connectivity index (χ1n) is 14.6. The first-order chi connectivity index (χ1) is 19.4. The zero-order valence-electron chi connectivity index (χ0n) is 25.2. The lowest BCUT2D eigenvalue weighted by Crippen LogP contribution is -2.50. The van der Waals surface area contributed by atoms with Crippen LogP contribution in [0.4, 0.5) is 10.5 Å². The first-order valence-corrected chi connectivity index (χ1v) is 14.6. The van der Waals surface area contributed by atoms with E-state index in [2.05, 4.69) is 16.0 Å². The summed E-state index contributed by atoms with van der Waals surface area (Å²) < 4.78 is 5.38. The number of hydrogen-bond acceptors (Lipinski definition) is 5. The minimum absolute atomic E-state index is 0.0702. The minimum atomic E-state index is -0.866. The Kier molecular flexibility index (Phi) is 11.2. The highest BCUT2D eigenvalue weighted by Crippen LogP contribution is 2.30. The molecule has 0 aromatic heterocycles. The molecule has 1 aliphatic rings. The molecule has 3 N–H and O–H groups in total. The van der Waals surface area contributed by atoms with Crippen molar-refractivity contribution in [3.05, 3.63) is 65.7 Å². The van der Waals surface area contributed by atoms with Gasteiger partial charge in [-0.1, -0.05) is 75.7 Å². The summed E-state index contributed by atoms with van der Waals surface area (Å²) in [5.41, 5.74) is 1.74. The quantitative estimate of drug-likeness (QED) is 0.256. The molecule has 0 aliphatic carbocycles. The highest BCUT2D eigenvalue weighted by molar-refractivity contribution is 5.98. The van der Waals surface area contributed by atoms with Gasteiger partial charge in [-0.3, -0.25) is 14.4 Å². The molecule has 2 aromatic carbocycles. The predicted octanol–water partition coefficient (Wildman–Crippen LogP) is 5.24. The molecule has 222 valence electrons. The Morgan fingerprint density at radius 3 is 2.00 bits per heavy atom. The number of aryl methyl sites for hydroxylation is 1. The van der Waals surface area contributed by atoms with E-state index < -0.39 is 29.6 Å². The minimum Gasteiger partial charge on any atom is -0.361 e. The number of anilines is 1. The summed E-state index contributed by atoms with van der Waals surface area (Å²) >= 11 is 0. The van der Waals surface area contributed by atoms with Gasteiger partial charge >= 0.3 is 6.03 Å². The summed E-state index contributed by atoms with van der Waals surface area (Å²) in [6.45, 7) is 12.0. The number of amides is 3. The van der Waals surface area contributed by atoms with Crippen LogP contribution in [0, 0.1) is 24.7 Å². The van der Waals surface area contributed by atoms with E-state index in [4.69, 9.17) is 4.74 Å². The second-order valence-corrected chi connectivity index (χ2v) is 12.3. The Labute approximate surface area is 244 Å². The van der Waals surface area contributed by atoms with Crippen molar-refractivity contribution in [3.8, 4) is 0 Å². The SMILES string of the molecule is Cc1ccc(NC(=O)NC(CC(C)C)C(=O)C[C@@H](Cc2ccccc2)C(=O)N[C@@H](CC(C)C)C(=O)C2(C)CO2)cc1. The van der Waals surface area contributed by atoms with Crippen LogP contribution in [-0.2, 0) is 25.5 Å². The summed E-state index contributed by atoms with van der Waals surface area (Å²) in [6, 6.07) is 15.0. The fourth-order valence-electron chi connectivity index (χ4n) is 4.86. The Hall–Kier alpha value is -3.52. The van der Waals surface area contributed by atoms with Crippen LogP contribution in [0.25, 0.3) is 0 Å². The highest BCUT2D eigenvalue weighted by atomic mass is 16.6. The van der Waals surface area contributed by atoms with Crippen molar-refractivity contribution in [2.24, 2.45) is 17.8 Å². The summed E-state index contributed by atoms with van der Waals surface area (Å²) in [6.07, 6.45) is 1.17. The van der Waals surface area contributed by atoms with Crippen LogP contribution >= 0.6 is 0 Å². The summed E-state index contributed by atoms with van der Waals surface area (Å²) in [5.74, 6) is -1.12. The normalized spacial score (nSPS) is 18.3. The fourth-order valence-corrected chi connectivity index (χ4v) is 4.86. The molecule has 0 bridgehead atoms. The molecule has 3 rings (SSSR count). The van der Waals surface area contributed by atoms with Crippen molar-refractivity contribution in [2.75, 3.05) is 11.9 Å². The maximum absolute atomic E-state index is 13.7. The van der Waals surface area contributed by atoms with Gasteiger partial charge in [-0.15, -0.1) is 0 Å². The molecule has 1 fully saturated rings. The van der Waals surface area contributed by atoms with Crippen molar-refractivity contribution < 1.29 is 23.9 Å². The highest BCUT2D eigenvalue weighted by Gasteiger charge is 2.50.